The van der Waals surface area contributed by atoms with Gasteiger partial charge in [-0.1, -0.05) is 42.1 Å². The Morgan fingerprint density at radius 1 is 1.06 bits per heavy atom. The van der Waals surface area contributed by atoms with E-state index in [0.717, 1.165) is 19.3 Å². The highest BCUT2D eigenvalue weighted by molar-refractivity contribution is 6.43. The zero-order valence-corrected chi connectivity index (χ0v) is 11.1. The Bertz CT molecular complexity index is 378. The van der Waals surface area contributed by atoms with Crippen LogP contribution in [-0.2, 0) is 5.11 Å². The van der Waals surface area contributed by atoms with Gasteiger partial charge < -0.3 is 0 Å². The minimum absolute atomic E-state index is 0.0135. The van der Waals surface area contributed by atoms with Gasteiger partial charge in [-0.3, -0.25) is 4.79 Å². The van der Waals surface area contributed by atoms with Crippen LogP contribution in [-0.4, -0.2) is 12.4 Å². The monoisotopic (exact) mass is 273 g/mol. The average molecular weight is 274 g/mol. The van der Waals surface area contributed by atoms with E-state index in [1.54, 1.807) is 18.2 Å². The van der Waals surface area contributed by atoms with Gasteiger partial charge in [0.25, 0.3) is 0 Å². The molecule has 4 heteroatoms. The first-order chi connectivity index (χ1) is 8.16. The molecule has 0 aliphatic rings. The summed E-state index contributed by atoms with van der Waals surface area (Å²) in [5.41, 5.74) is 0.489. The number of hydrogen-bond donors (Lipinski definition) is 0. The number of benzene rings is 1. The smallest absolute Gasteiger partial charge is 0.164 e. The molecule has 0 N–H and O–H groups in total. The Hall–Kier alpha value is -0.570. The fraction of sp³-hybridized carbons (Fsp3) is 0.462. The predicted octanol–water partition coefficient (Wildman–Crippen LogP) is 4.56. The third-order valence-corrected chi connectivity index (χ3v) is 3.37. The van der Waals surface area contributed by atoms with Crippen molar-refractivity contribution in [3.8, 4) is 0 Å². The van der Waals surface area contributed by atoms with Gasteiger partial charge in [-0.2, -0.15) is 0 Å². The van der Waals surface area contributed by atoms with Gasteiger partial charge >= 0.3 is 0 Å². The summed E-state index contributed by atoms with van der Waals surface area (Å²) in [5.74, 6) is 0.0135. The Morgan fingerprint density at radius 3 is 2.47 bits per heavy atom. The molecule has 0 atom stereocenters. The molecule has 0 heterocycles. The molecule has 0 bridgehead atoms. The number of halogens is 2. The van der Waals surface area contributed by atoms with Gasteiger partial charge in [0.2, 0.25) is 0 Å². The minimum Gasteiger partial charge on any atom is -0.294 e. The van der Waals surface area contributed by atoms with Crippen LogP contribution in [0.2, 0.25) is 10.0 Å². The summed E-state index contributed by atoms with van der Waals surface area (Å²) in [4.78, 5) is 11.8. The van der Waals surface area contributed by atoms with Gasteiger partial charge in [0, 0.05) is 12.0 Å². The van der Waals surface area contributed by atoms with E-state index in [2.05, 4.69) is 0 Å². The van der Waals surface area contributed by atoms with Crippen LogP contribution in [0.3, 0.4) is 0 Å². The summed E-state index contributed by atoms with van der Waals surface area (Å²) in [6.07, 6.45) is 3.74. The first-order valence-corrected chi connectivity index (χ1v) is 6.47. The highest BCUT2D eigenvalue weighted by Crippen LogP contribution is 2.26. The van der Waals surface area contributed by atoms with Crippen LogP contribution in [0.1, 0.15) is 42.5 Å². The minimum atomic E-state index is -0.0337. The second-order valence-electron chi connectivity index (χ2n) is 3.89. The van der Waals surface area contributed by atoms with Gasteiger partial charge in [0.05, 0.1) is 16.7 Å². The van der Waals surface area contributed by atoms with Crippen LogP contribution >= 0.6 is 23.2 Å². The molecule has 0 unspecified atom stereocenters. The van der Waals surface area contributed by atoms with E-state index in [4.69, 9.17) is 23.2 Å². The highest BCUT2D eigenvalue weighted by Gasteiger charge is 2.11. The average Bonchev–Trinajstić information content (AvgIpc) is 2.32. The van der Waals surface area contributed by atoms with E-state index < -0.39 is 0 Å². The van der Waals surface area contributed by atoms with Crippen molar-refractivity contribution in [2.24, 2.45) is 0 Å². The van der Waals surface area contributed by atoms with E-state index in [0.29, 0.717) is 28.5 Å². The highest BCUT2D eigenvalue weighted by atomic mass is 35.5. The molecule has 0 aliphatic carbocycles. The van der Waals surface area contributed by atoms with Crippen molar-refractivity contribution >= 4 is 29.0 Å². The van der Waals surface area contributed by atoms with Crippen LogP contribution in [0.15, 0.2) is 18.2 Å². The maximum absolute atomic E-state index is 11.8. The molecule has 0 amide bonds. The molecule has 17 heavy (non-hydrogen) atoms. The van der Waals surface area contributed by atoms with Crippen molar-refractivity contribution in [3.63, 3.8) is 0 Å². The molecule has 0 aromatic heterocycles. The van der Waals surface area contributed by atoms with Gasteiger partial charge in [0.1, 0.15) is 0 Å². The molecule has 93 valence electrons. The topological polar surface area (TPSA) is 37.0 Å². The van der Waals surface area contributed by atoms with E-state index in [9.17, 15) is 9.90 Å². The second-order valence-corrected chi connectivity index (χ2v) is 4.68. The van der Waals surface area contributed by atoms with Crippen molar-refractivity contribution in [2.45, 2.75) is 32.1 Å². The molecule has 1 aromatic carbocycles. The summed E-state index contributed by atoms with van der Waals surface area (Å²) in [6, 6.07) is 5.07. The number of carbonyl (C=O) groups excluding carboxylic acids is 1. The third-order valence-electron chi connectivity index (χ3n) is 2.55. The maximum Gasteiger partial charge on any atom is 0.164 e. The number of unbranched alkanes of at least 4 members (excludes halogenated alkanes) is 3. The zero-order chi connectivity index (χ0) is 12.7. The van der Waals surface area contributed by atoms with Crippen LogP contribution in [0, 0.1) is 0 Å². The molecule has 0 saturated carbocycles. The number of ketones is 1. The summed E-state index contributed by atoms with van der Waals surface area (Å²) in [7, 11) is 0. The normalized spacial score (nSPS) is 10.5. The van der Waals surface area contributed by atoms with E-state index in [1.807, 2.05) is 0 Å². The molecule has 2 nitrogen and oxygen atoms in total. The van der Waals surface area contributed by atoms with Crippen molar-refractivity contribution in [2.75, 3.05) is 6.61 Å². The van der Waals surface area contributed by atoms with Crippen molar-refractivity contribution in [1.29, 1.82) is 0 Å². The predicted molar refractivity (Wildman–Crippen MR) is 69.4 cm³/mol. The lowest BCUT2D eigenvalue weighted by Gasteiger charge is -2.04. The Kier molecular flexibility index (Phi) is 6.56. The van der Waals surface area contributed by atoms with Crippen LogP contribution in [0.5, 0.6) is 0 Å². The summed E-state index contributed by atoms with van der Waals surface area (Å²) >= 11 is 11.8. The second kappa shape index (κ2) is 7.70. The molecule has 0 fully saturated rings. The molecule has 0 aliphatic heterocycles. The largest absolute Gasteiger partial charge is 0.294 e. The third kappa shape index (κ3) is 4.66. The summed E-state index contributed by atoms with van der Waals surface area (Å²) in [5, 5.41) is 11.0. The van der Waals surface area contributed by atoms with E-state index in [1.165, 1.54) is 0 Å². The van der Waals surface area contributed by atoms with Crippen LogP contribution in [0.4, 0.5) is 0 Å². The molecule has 1 radical (unpaired) electrons. The Labute approximate surface area is 112 Å². The fourth-order valence-electron chi connectivity index (χ4n) is 1.59. The zero-order valence-electron chi connectivity index (χ0n) is 9.55. The lowest BCUT2D eigenvalue weighted by Crippen LogP contribution is -2.00. The van der Waals surface area contributed by atoms with E-state index >= 15 is 0 Å². The summed E-state index contributed by atoms with van der Waals surface area (Å²) < 4.78 is 0. The molecule has 0 saturated heterocycles. The SMILES string of the molecule is [O]CCCCCCC(=O)c1cccc(Cl)c1Cl. The standard InChI is InChI=1S/C13H15Cl2O2/c14-11-7-5-6-10(13(11)15)12(17)8-3-1-2-4-9-16/h5-7H,1-4,8-9H2. The van der Waals surface area contributed by atoms with Crippen molar-refractivity contribution in [3.05, 3.63) is 33.8 Å². The lowest BCUT2D eigenvalue weighted by atomic mass is 10.0. The van der Waals surface area contributed by atoms with Crippen LogP contribution < -0.4 is 0 Å². The fourth-order valence-corrected chi connectivity index (χ4v) is 2.00. The summed E-state index contributed by atoms with van der Waals surface area (Å²) in [6.45, 7) is -0.0337. The number of rotatable bonds is 7. The van der Waals surface area contributed by atoms with E-state index in [-0.39, 0.29) is 12.4 Å². The maximum atomic E-state index is 11.8. The molecular weight excluding hydrogens is 259 g/mol. The van der Waals surface area contributed by atoms with Gasteiger partial charge in [-0.25, -0.2) is 5.11 Å². The van der Waals surface area contributed by atoms with Crippen LogP contribution in [0.25, 0.3) is 0 Å². The molecular formula is C13H15Cl2O2. The first-order valence-electron chi connectivity index (χ1n) is 5.72. The van der Waals surface area contributed by atoms with Crippen molar-refractivity contribution < 1.29 is 9.90 Å². The number of Topliss-reactive ketones (excluding diaryl/α,β-unsaturated/α-hetero) is 1. The Morgan fingerprint density at radius 2 is 1.76 bits per heavy atom. The molecule has 0 spiro atoms. The Balaban J connectivity index is 2.44. The lowest BCUT2D eigenvalue weighted by molar-refractivity contribution is 0.0979. The molecule has 1 rings (SSSR count). The van der Waals surface area contributed by atoms with Crippen molar-refractivity contribution in [1.82, 2.24) is 0 Å². The van der Waals surface area contributed by atoms with Gasteiger partial charge in [-0.15, -0.1) is 0 Å². The first kappa shape index (κ1) is 14.5. The van der Waals surface area contributed by atoms with Gasteiger partial charge in [0.15, 0.2) is 5.78 Å². The quantitative estimate of drug-likeness (QED) is 0.530. The number of hydrogen-bond acceptors (Lipinski definition) is 1. The van der Waals surface area contributed by atoms with Gasteiger partial charge in [-0.05, 0) is 25.0 Å². The number of carbonyl (C=O) groups is 1. The molecule has 1 aromatic rings.